The molecule has 0 aromatic heterocycles. The van der Waals surface area contributed by atoms with E-state index in [1.54, 1.807) is 36.4 Å². The second-order valence-corrected chi connectivity index (χ2v) is 11.7. The molecule has 0 spiro atoms. The van der Waals surface area contributed by atoms with Gasteiger partial charge in [0.1, 0.15) is 11.5 Å². The summed E-state index contributed by atoms with van der Waals surface area (Å²) in [6.07, 6.45) is -8.92. The van der Waals surface area contributed by atoms with E-state index < -0.39 is 23.5 Å². The van der Waals surface area contributed by atoms with Crippen LogP contribution in [0.1, 0.15) is 11.1 Å². The Morgan fingerprint density at radius 1 is 0.409 bits per heavy atom. The highest BCUT2D eigenvalue weighted by Gasteiger charge is 2.31. The number of benzene rings is 6. The minimum Gasteiger partial charge on any atom is -0.507 e. The van der Waals surface area contributed by atoms with Gasteiger partial charge in [0, 0.05) is 20.1 Å². The van der Waals surface area contributed by atoms with Gasteiger partial charge >= 0.3 is 12.4 Å². The lowest BCUT2D eigenvalue weighted by Gasteiger charge is -2.18. The molecule has 0 fully saturated rings. The van der Waals surface area contributed by atoms with E-state index in [9.17, 15) is 36.6 Å². The van der Waals surface area contributed by atoms with Crippen molar-refractivity contribution in [2.24, 2.45) is 0 Å². The second kappa shape index (κ2) is 10.9. The number of alkyl halides is 6. The van der Waals surface area contributed by atoms with Crippen LogP contribution in [0.3, 0.4) is 0 Å². The Labute approximate surface area is 263 Å². The number of aromatic hydroxyl groups is 2. The summed E-state index contributed by atoms with van der Waals surface area (Å²) in [5.74, 6) is -0.227. The van der Waals surface area contributed by atoms with E-state index in [4.69, 9.17) is 0 Å². The SMILES string of the molecule is Oc1ccc2c(Br)c(-c3ccc(C(F)(F)F)cc3)ccc2c1-c1c(O)ccc2c(Br)c(-c3ccc(C(F)(F)F)cc3)ccc12. The lowest BCUT2D eigenvalue weighted by atomic mass is 9.90. The number of hydrogen-bond acceptors (Lipinski definition) is 2. The van der Waals surface area contributed by atoms with Crippen molar-refractivity contribution in [2.45, 2.75) is 12.4 Å². The van der Waals surface area contributed by atoms with E-state index in [1.165, 1.54) is 36.4 Å². The summed E-state index contributed by atoms with van der Waals surface area (Å²) in [4.78, 5) is 0. The van der Waals surface area contributed by atoms with Crippen LogP contribution in [0.2, 0.25) is 0 Å². The van der Waals surface area contributed by atoms with Gasteiger partial charge in [-0.05, 0) is 124 Å². The van der Waals surface area contributed by atoms with Gasteiger partial charge < -0.3 is 10.2 Å². The van der Waals surface area contributed by atoms with E-state index in [-0.39, 0.29) is 11.5 Å². The van der Waals surface area contributed by atoms with Crippen LogP contribution < -0.4 is 0 Å². The largest absolute Gasteiger partial charge is 0.507 e. The zero-order valence-electron chi connectivity index (χ0n) is 22.2. The lowest BCUT2D eigenvalue weighted by molar-refractivity contribution is -0.138. The maximum absolute atomic E-state index is 13.1. The molecule has 0 aliphatic carbocycles. The van der Waals surface area contributed by atoms with Crippen LogP contribution >= 0.6 is 31.9 Å². The topological polar surface area (TPSA) is 40.5 Å². The fourth-order valence-electron chi connectivity index (χ4n) is 5.36. The molecule has 0 atom stereocenters. The van der Waals surface area contributed by atoms with E-state index in [0.29, 0.717) is 63.9 Å². The third-order valence-corrected chi connectivity index (χ3v) is 9.23. The number of fused-ring (bicyclic) bond motifs is 2. The summed E-state index contributed by atoms with van der Waals surface area (Å²) in [7, 11) is 0. The van der Waals surface area contributed by atoms with Crippen molar-refractivity contribution in [3.05, 3.63) is 117 Å². The van der Waals surface area contributed by atoms with Crippen molar-refractivity contribution < 1.29 is 36.6 Å². The minimum absolute atomic E-state index is 0.114. The van der Waals surface area contributed by atoms with Gasteiger partial charge in [-0.3, -0.25) is 0 Å². The van der Waals surface area contributed by atoms with E-state index in [2.05, 4.69) is 31.9 Å². The molecule has 0 aliphatic heterocycles. The highest BCUT2D eigenvalue weighted by Crippen LogP contribution is 2.49. The summed E-state index contributed by atoms with van der Waals surface area (Å²) >= 11 is 7.19. The number of rotatable bonds is 3. The molecule has 2 nitrogen and oxygen atoms in total. The Balaban J connectivity index is 1.51. The van der Waals surface area contributed by atoms with Crippen molar-refractivity contribution in [1.29, 1.82) is 0 Å². The normalized spacial score (nSPS) is 12.3. The van der Waals surface area contributed by atoms with Crippen molar-refractivity contribution in [1.82, 2.24) is 0 Å². The molecule has 0 saturated carbocycles. The molecular formula is C34H18Br2F6O2. The zero-order chi connectivity index (χ0) is 31.6. The summed E-state index contributed by atoms with van der Waals surface area (Å²) in [5.41, 5.74) is 1.51. The van der Waals surface area contributed by atoms with Gasteiger partial charge in [0.15, 0.2) is 0 Å². The van der Waals surface area contributed by atoms with Crippen molar-refractivity contribution in [2.75, 3.05) is 0 Å². The van der Waals surface area contributed by atoms with Gasteiger partial charge in [-0.2, -0.15) is 26.3 Å². The molecule has 222 valence electrons. The number of halogens is 8. The first kappa shape index (κ1) is 30.0. The molecule has 0 saturated heterocycles. The van der Waals surface area contributed by atoms with E-state index in [1.807, 2.05) is 0 Å². The smallest absolute Gasteiger partial charge is 0.416 e. The molecule has 6 aromatic rings. The highest BCUT2D eigenvalue weighted by atomic mass is 79.9. The maximum atomic E-state index is 13.1. The van der Waals surface area contributed by atoms with Gasteiger partial charge in [-0.1, -0.05) is 48.5 Å². The predicted octanol–water partition coefficient (Wildman–Crippen LogP) is 12.0. The predicted molar refractivity (Wildman–Crippen MR) is 166 cm³/mol. The summed E-state index contributed by atoms with van der Waals surface area (Å²) in [6, 6.07) is 22.8. The van der Waals surface area contributed by atoms with Gasteiger partial charge in [0.25, 0.3) is 0 Å². The Morgan fingerprint density at radius 2 is 0.727 bits per heavy atom. The quantitative estimate of drug-likeness (QED) is 0.178. The monoisotopic (exact) mass is 730 g/mol. The zero-order valence-corrected chi connectivity index (χ0v) is 25.3. The Bertz CT molecular complexity index is 1920. The van der Waals surface area contributed by atoms with Crippen LogP contribution in [0.15, 0.2) is 106 Å². The highest BCUT2D eigenvalue weighted by molar-refractivity contribution is 9.11. The van der Waals surface area contributed by atoms with E-state index in [0.717, 1.165) is 24.3 Å². The molecule has 2 N–H and O–H groups in total. The van der Waals surface area contributed by atoms with Crippen LogP contribution in [0, 0.1) is 0 Å². The Hall–Kier alpha value is -4.02. The first-order valence-corrected chi connectivity index (χ1v) is 14.6. The van der Waals surface area contributed by atoms with Crippen LogP contribution in [0.5, 0.6) is 11.5 Å². The Kier molecular flexibility index (Phi) is 7.41. The molecule has 0 aliphatic rings. The van der Waals surface area contributed by atoms with Gasteiger partial charge in [-0.25, -0.2) is 0 Å². The van der Waals surface area contributed by atoms with Crippen LogP contribution in [-0.2, 0) is 12.4 Å². The average Bonchev–Trinajstić information content (AvgIpc) is 2.97. The van der Waals surface area contributed by atoms with Crippen molar-refractivity contribution in [3.63, 3.8) is 0 Å². The lowest BCUT2D eigenvalue weighted by Crippen LogP contribution is -2.04. The average molecular weight is 732 g/mol. The molecule has 0 heterocycles. The molecule has 10 heteroatoms. The first-order valence-electron chi connectivity index (χ1n) is 13.0. The summed E-state index contributed by atoms with van der Waals surface area (Å²) < 4.78 is 79.7. The van der Waals surface area contributed by atoms with Gasteiger partial charge in [0.2, 0.25) is 0 Å². The molecule has 44 heavy (non-hydrogen) atoms. The number of hydrogen-bond donors (Lipinski definition) is 2. The molecule has 0 amide bonds. The van der Waals surface area contributed by atoms with Gasteiger partial charge in [0.05, 0.1) is 11.1 Å². The second-order valence-electron chi connectivity index (χ2n) is 10.1. The Morgan fingerprint density at radius 3 is 1.05 bits per heavy atom. The molecular weight excluding hydrogens is 714 g/mol. The fraction of sp³-hybridized carbons (Fsp3) is 0.0588. The van der Waals surface area contributed by atoms with Crippen LogP contribution in [0.4, 0.5) is 26.3 Å². The summed E-state index contributed by atoms with van der Waals surface area (Å²) in [6.45, 7) is 0. The third-order valence-electron chi connectivity index (χ3n) is 7.52. The van der Waals surface area contributed by atoms with Crippen LogP contribution in [-0.4, -0.2) is 10.2 Å². The standard InChI is InChI=1S/C34H18Br2F6O2/c35-31-21(17-1-5-19(6-2-17)33(37,38)39)9-11-23-25(31)13-15-27(43)29(23)30-24-12-10-22(32(36)26(24)14-16-28(30)44)18-3-7-20(8-4-18)34(40,41)42/h1-16,43-44H. The number of phenolic OH excluding ortho intramolecular Hbond substituents is 2. The maximum Gasteiger partial charge on any atom is 0.416 e. The van der Waals surface area contributed by atoms with Crippen molar-refractivity contribution >= 4 is 53.4 Å². The molecule has 6 aromatic carbocycles. The first-order chi connectivity index (χ1) is 20.8. The summed E-state index contributed by atoms with van der Waals surface area (Å²) in [5, 5.41) is 24.6. The fourth-order valence-corrected chi connectivity index (χ4v) is 6.78. The molecule has 0 unspecified atom stereocenters. The van der Waals surface area contributed by atoms with Crippen molar-refractivity contribution in [3.8, 4) is 44.9 Å². The minimum atomic E-state index is -4.46. The molecule has 0 radical (unpaired) electrons. The molecule has 6 rings (SSSR count). The van der Waals surface area contributed by atoms with Crippen LogP contribution in [0.25, 0.3) is 54.9 Å². The number of phenols is 2. The van der Waals surface area contributed by atoms with E-state index >= 15 is 0 Å². The van der Waals surface area contributed by atoms with Gasteiger partial charge in [-0.15, -0.1) is 0 Å². The molecule has 0 bridgehead atoms. The third kappa shape index (κ3) is 5.20.